The predicted molar refractivity (Wildman–Crippen MR) is 139 cm³/mol. The topological polar surface area (TPSA) is 77.5 Å². The Morgan fingerprint density at radius 3 is 2.21 bits per heavy atom. The number of halogens is 1. The number of aliphatic imine (C=N–C) groups is 1. The van der Waals surface area contributed by atoms with Crippen molar-refractivity contribution in [1.29, 1.82) is 0 Å². The lowest BCUT2D eigenvalue weighted by Crippen LogP contribution is -2.55. The third-order valence-electron chi connectivity index (χ3n) is 6.60. The van der Waals surface area contributed by atoms with E-state index in [1.54, 1.807) is 7.05 Å². The lowest BCUT2D eigenvalue weighted by molar-refractivity contribution is -0.142. The maximum Gasteiger partial charge on any atom is 0.253 e. The number of nitrogens with one attached hydrogen (secondary N) is 1. The molecular weight excluding hydrogens is 533 g/mol. The highest BCUT2D eigenvalue weighted by atomic mass is 127. The molecule has 33 heavy (non-hydrogen) atoms. The molecule has 4 rings (SSSR count). The molecule has 1 unspecified atom stereocenters. The van der Waals surface area contributed by atoms with Crippen LogP contribution >= 0.6 is 24.0 Å². The van der Waals surface area contributed by atoms with Gasteiger partial charge in [-0.1, -0.05) is 12.1 Å². The van der Waals surface area contributed by atoms with Crippen molar-refractivity contribution in [2.75, 3.05) is 52.9 Å². The van der Waals surface area contributed by atoms with Crippen LogP contribution < -0.4 is 5.32 Å². The van der Waals surface area contributed by atoms with Gasteiger partial charge in [-0.25, -0.2) is 0 Å². The average Bonchev–Trinajstić information content (AvgIpc) is 3.40. The third-order valence-corrected chi connectivity index (χ3v) is 6.60. The first kappa shape index (κ1) is 25.7. The summed E-state index contributed by atoms with van der Waals surface area (Å²) in [6.07, 6.45) is 4.98. The van der Waals surface area contributed by atoms with E-state index < -0.39 is 0 Å². The van der Waals surface area contributed by atoms with E-state index >= 15 is 0 Å². The number of piperidine rings is 1. The number of amides is 2. The van der Waals surface area contributed by atoms with Gasteiger partial charge < -0.3 is 24.8 Å². The van der Waals surface area contributed by atoms with Gasteiger partial charge in [-0.05, 0) is 49.8 Å². The summed E-state index contributed by atoms with van der Waals surface area (Å²) in [4.78, 5) is 35.7. The molecule has 3 saturated heterocycles. The molecule has 2 amide bonds. The summed E-state index contributed by atoms with van der Waals surface area (Å²) in [7, 11) is 1.78. The minimum Gasteiger partial charge on any atom is -0.368 e. The fourth-order valence-electron chi connectivity index (χ4n) is 4.67. The summed E-state index contributed by atoms with van der Waals surface area (Å²) in [6.45, 7) is 5.94. The SMILES string of the molecule is CN=C(NCc1ccc(C(=O)N2CCCCC2)cc1)N1CCN(C(=O)C2CCCO2)CC1.I. The summed E-state index contributed by atoms with van der Waals surface area (Å²) in [6, 6.07) is 7.86. The summed E-state index contributed by atoms with van der Waals surface area (Å²) in [5, 5.41) is 3.42. The highest BCUT2D eigenvalue weighted by Crippen LogP contribution is 2.16. The Morgan fingerprint density at radius 2 is 1.61 bits per heavy atom. The van der Waals surface area contributed by atoms with E-state index in [2.05, 4.69) is 15.2 Å². The number of hydrogen-bond donors (Lipinski definition) is 1. The van der Waals surface area contributed by atoms with Gasteiger partial charge in [0.1, 0.15) is 6.10 Å². The quantitative estimate of drug-likeness (QED) is 0.343. The molecule has 9 heteroatoms. The smallest absolute Gasteiger partial charge is 0.253 e. The van der Waals surface area contributed by atoms with Crippen LogP contribution in [0.25, 0.3) is 0 Å². The summed E-state index contributed by atoms with van der Waals surface area (Å²) < 4.78 is 5.54. The van der Waals surface area contributed by atoms with Crippen molar-refractivity contribution >= 4 is 41.8 Å². The van der Waals surface area contributed by atoms with E-state index in [1.165, 1.54) is 6.42 Å². The van der Waals surface area contributed by atoms with E-state index in [-0.39, 0.29) is 41.9 Å². The van der Waals surface area contributed by atoms with Crippen LogP contribution in [-0.4, -0.2) is 91.5 Å². The molecule has 182 valence electrons. The van der Waals surface area contributed by atoms with Gasteiger partial charge >= 0.3 is 0 Å². The van der Waals surface area contributed by atoms with Crippen molar-refractivity contribution in [2.24, 2.45) is 4.99 Å². The molecule has 1 N–H and O–H groups in total. The summed E-state index contributed by atoms with van der Waals surface area (Å²) in [5.41, 5.74) is 1.86. The lowest BCUT2D eigenvalue weighted by Gasteiger charge is -2.37. The average molecular weight is 569 g/mol. The van der Waals surface area contributed by atoms with Crippen molar-refractivity contribution in [3.8, 4) is 0 Å². The molecule has 8 nitrogen and oxygen atoms in total. The lowest BCUT2D eigenvalue weighted by atomic mass is 10.1. The van der Waals surface area contributed by atoms with E-state index in [9.17, 15) is 9.59 Å². The Labute approximate surface area is 213 Å². The predicted octanol–water partition coefficient (Wildman–Crippen LogP) is 2.33. The molecule has 3 aliphatic rings. The summed E-state index contributed by atoms with van der Waals surface area (Å²) in [5.74, 6) is 1.10. The van der Waals surface area contributed by atoms with Crippen LogP contribution in [0.5, 0.6) is 0 Å². The van der Waals surface area contributed by atoms with E-state index in [0.29, 0.717) is 26.2 Å². The number of carbonyl (C=O) groups excluding carboxylic acids is 2. The first-order valence-electron chi connectivity index (χ1n) is 11.9. The Morgan fingerprint density at radius 1 is 0.939 bits per heavy atom. The highest BCUT2D eigenvalue weighted by molar-refractivity contribution is 14.0. The van der Waals surface area contributed by atoms with Crippen LogP contribution in [0.2, 0.25) is 0 Å². The Kier molecular flexibility index (Phi) is 9.78. The van der Waals surface area contributed by atoms with Gasteiger partial charge in [-0.2, -0.15) is 0 Å². The number of likely N-dealkylation sites (tertiary alicyclic amines) is 1. The van der Waals surface area contributed by atoms with Crippen molar-refractivity contribution in [3.05, 3.63) is 35.4 Å². The van der Waals surface area contributed by atoms with E-state index in [1.807, 2.05) is 34.1 Å². The van der Waals surface area contributed by atoms with Gasteiger partial charge in [0, 0.05) is 65.0 Å². The van der Waals surface area contributed by atoms with E-state index in [0.717, 1.165) is 68.9 Å². The molecule has 3 aliphatic heterocycles. The van der Waals surface area contributed by atoms with Crippen LogP contribution in [0.3, 0.4) is 0 Å². The number of nitrogens with zero attached hydrogens (tertiary/aromatic N) is 4. The van der Waals surface area contributed by atoms with Crippen molar-refractivity contribution in [1.82, 2.24) is 20.0 Å². The molecule has 0 radical (unpaired) electrons. The Balaban J connectivity index is 0.00000306. The number of carbonyl (C=O) groups is 2. The molecule has 0 spiro atoms. The molecule has 0 bridgehead atoms. The molecule has 3 heterocycles. The molecule has 0 aliphatic carbocycles. The van der Waals surface area contributed by atoms with Gasteiger partial charge in [0.05, 0.1) is 0 Å². The van der Waals surface area contributed by atoms with Crippen LogP contribution in [0.4, 0.5) is 0 Å². The molecule has 3 fully saturated rings. The van der Waals surface area contributed by atoms with Crippen LogP contribution in [0, 0.1) is 0 Å². The Hall–Kier alpha value is -1.88. The molecule has 0 aromatic heterocycles. The number of benzene rings is 1. The number of guanidine groups is 1. The normalized spacial score (nSPS) is 21.5. The zero-order valence-electron chi connectivity index (χ0n) is 19.5. The number of ether oxygens (including phenoxy) is 1. The van der Waals surface area contributed by atoms with Crippen molar-refractivity contribution < 1.29 is 14.3 Å². The van der Waals surface area contributed by atoms with E-state index in [4.69, 9.17) is 4.74 Å². The van der Waals surface area contributed by atoms with Gasteiger partial charge in [0.25, 0.3) is 11.8 Å². The van der Waals surface area contributed by atoms with Crippen molar-refractivity contribution in [2.45, 2.75) is 44.8 Å². The van der Waals surface area contributed by atoms with Gasteiger partial charge in [0.2, 0.25) is 0 Å². The van der Waals surface area contributed by atoms with Gasteiger partial charge in [-0.3, -0.25) is 14.6 Å². The van der Waals surface area contributed by atoms with Crippen LogP contribution in [0.15, 0.2) is 29.3 Å². The fraction of sp³-hybridized carbons (Fsp3) is 0.625. The highest BCUT2D eigenvalue weighted by Gasteiger charge is 2.30. The second-order valence-corrected chi connectivity index (χ2v) is 8.76. The minimum atomic E-state index is -0.247. The number of piperazine rings is 1. The molecular formula is C24H36IN5O3. The van der Waals surface area contributed by atoms with Crippen LogP contribution in [-0.2, 0) is 16.1 Å². The van der Waals surface area contributed by atoms with Gasteiger partial charge in [0.15, 0.2) is 5.96 Å². The second-order valence-electron chi connectivity index (χ2n) is 8.76. The second kappa shape index (κ2) is 12.5. The Bertz CT molecular complexity index is 812. The number of hydrogen-bond acceptors (Lipinski definition) is 4. The van der Waals surface area contributed by atoms with Gasteiger partial charge in [-0.15, -0.1) is 24.0 Å². The summed E-state index contributed by atoms with van der Waals surface area (Å²) >= 11 is 0. The first-order chi connectivity index (χ1) is 15.7. The molecule has 1 aromatic carbocycles. The monoisotopic (exact) mass is 569 g/mol. The molecule has 0 saturated carbocycles. The first-order valence-corrected chi connectivity index (χ1v) is 11.9. The zero-order valence-corrected chi connectivity index (χ0v) is 21.8. The maximum atomic E-state index is 12.6. The third kappa shape index (κ3) is 6.59. The minimum absolute atomic E-state index is 0. The zero-order chi connectivity index (χ0) is 22.3. The van der Waals surface area contributed by atoms with Crippen LogP contribution in [0.1, 0.15) is 48.0 Å². The fourth-order valence-corrected chi connectivity index (χ4v) is 4.67. The number of rotatable bonds is 4. The molecule has 1 aromatic rings. The largest absolute Gasteiger partial charge is 0.368 e. The molecule has 1 atom stereocenters. The van der Waals surface area contributed by atoms with Crippen molar-refractivity contribution in [3.63, 3.8) is 0 Å². The standard InChI is InChI=1S/C24H35N5O3.HI/c1-25-24(29-15-13-28(14-16-29)23(31)21-6-5-17-32-21)26-18-19-7-9-20(10-8-19)22(30)27-11-3-2-4-12-27;/h7-10,21H,2-6,11-18H2,1H3,(H,25,26);1H. The maximum absolute atomic E-state index is 12.6.